The number of nitrogens with one attached hydrogen (secondary N) is 1. The van der Waals surface area contributed by atoms with E-state index in [2.05, 4.69) is 47.2 Å². The summed E-state index contributed by atoms with van der Waals surface area (Å²) in [5, 5.41) is 3.09. The SMILES string of the molecule is CCCc1oc(CN2CCCN(CC(=O)Nc3cccc(C)c3C)CC2)nc1-c1ccccc1. The Morgan fingerprint density at radius 3 is 2.56 bits per heavy atom. The summed E-state index contributed by atoms with van der Waals surface area (Å²) in [6.07, 6.45) is 2.93. The zero-order valence-electron chi connectivity index (χ0n) is 20.6. The van der Waals surface area contributed by atoms with Crippen LogP contribution in [0.4, 0.5) is 5.69 Å². The van der Waals surface area contributed by atoms with Crippen molar-refractivity contribution in [3.05, 3.63) is 71.3 Å². The molecule has 2 aromatic carbocycles. The van der Waals surface area contributed by atoms with Crippen LogP contribution in [0.1, 0.15) is 42.5 Å². The van der Waals surface area contributed by atoms with Crippen molar-refractivity contribution in [3.63, 3.8) is 0 Å². The van der Waals surface area contributed by atoms with Crippen molar-refractivity contribution in [2.24, 2.45) is 0 Å². The van der Waals surface area contributed by atoms with Gasteiger partial charge in [-0.05, 0) is 57.0 Å². The quantitative estimate of drug-likeness (QED) is 0.509. The Morgan fingerprint density at radius 2 is 1.76 bits per heavy atom. The average molecular weight is 461 g/mol. The van der Waals surface area contributed by atoms with Crippen molar-refractivity contribution in [2.75, 3.05) is 38.0 Å². The van der Waals surface area contributed by atoms with E-state index in [4.69, 9.17) is 9.40 Å². The number of oxazole rings is 1. The van der Waals surface area contributed by atoms with Gasteiger partial charge in [-0.1, -0.05) is 49.4 Å². The Balaban J connectivity index is 1.34. The molecule has 6 heteroatoms. The van der Waals surface area contributed by atoms with E-state index < -0.39 is 0 Å². The van der Waals surface area contributed by atoms with Crippen molar-refractivity contribution in [1.29, 1.82) is 0 Å². The highest BCUT2D eigenvalue weighted by Gasteiger charge is 2.21. The van der Waals surface area contributed by atoms with Gasteiger partial charge in [0.15, 0.2) is 0 Å². The minimum atomic E-state index is 0.0477. The van der Waals surface area contributed by atoms with Gasteiger partial charge in [-0.25, -0.2) is 4.98 Å². The van der Waals surface area contributed by atoms with Crippen LogP contribution in [0.5, 0.6) is 0 Å². The topological polar surface area (TPSA) is 61.6 Å². The van der Waals surface area contributed by atoms with Gasteiger partial charge in [0.2, 0.25) is 11.8 Å². The summed E-state index contributed by atoms with van der Waals surface area (Å²) < 4.78 is 6.20. The fourth-order valence-electron chi connectivity index (χ4n) is 4.50. The highest BCUT2D eigenvalue weighted by atomic mass is 16.4. The van der Waals surface area contributed by atoms with E-state index in [1.165, 1.54) is 5.56 Å². The molecule has 1 aromatic heterocycles. The van der Waals surface area contributed by atoms with Gasteiger partial charge in [-0.2, -0.15) is 0 Å². The summed E-state index contributed by atoms with van der Waals surface area (Å²) in [5.41, 5.74) is 5.30. The van der Waals surface area contributed by atoms with Crippen molar-refractivity contribution >= 4 is 11.6 Å². The van der Waals surface area contributed by atoms with E-state index in [0.29, 0.717) is 13.1 Å². The van der Waals surface area contributed by atoms with Crippen LogP contribution in [0.15, 0.2) is 52.9 Å². The number of benzene rings is 2. The van der Waals surface area contributed by atoms with Crippen molar-refractivity contribution in [1.82, 2.24) is 14.8 Å². The van der Waals surface area contributed by atoms with Gasteiger partial charge in [0, 0.05) is 30.8 Å². The second-order valence-electron chi connectivity index (χ2n) is 9.20. The maximum absolute atomic E-state index is 12.7. The molecule has 0 bridgehead atoms. The number of anilines is 1. The first-order chi connectivity index (χ1) is 16.5. The highest BCUT2D eigenvalue weighted by Crippen LogP contribution is 2.26. The second kappa shape index (κ2) is 11.4. The Kier molecular flexibility index (Phi) is 8.14. The smallest absolute Gasteiger partial charge is 0.238 e. The molecule has 0 radical (unpaired) electrons. The predicted octanol–water partition coefficient (Wildman–Crippen LogP) is 5.06. The number of hydrogen-bond donors (Lipinski definition) is 1. The normalized spacial score (nSPS) is 15.3. The van der Waals surface area contributed by atoms with E-state index in [-0.39, 0.29) is 5.91 Å². The molecular formula is C28H36N4O2. The monoisotopic (exact) mass is 460 g/mol. The van der Waals surface area contributed by atoms with Crippen molar-refractivity contribution < 1.29 is 9.21 Å². The summed E-state index contributed by atoms with van der Waals surface area (Å²) >= 11 is 0. The molecule has 1 N–H and O–H groups in total. The number of aryl methyl sites for hydroxylation is 2. The van der Waals surface area contributed by atoms with Crippen LogP contribution in [0.2, 0.25) is 0 Å². The number of hydrogen-bond acceptors (Lipinski definition) is 5. The van der Waals surface area contributed by atoms with Gasteiger partial charge in [0.05, 0.1) is 13.1 Å². The zero-order valence-corrected chi connectivity index (χ0v) is 20.6. The fourth-order valence-corrected chi connectivity index (χ4v) is 4.50. The molecule has 1 fully saturated rings. The van der Waals surface area contributed by atoms with E-state index in [9.17, 15) is 4.79 Å². The third-order valence-corrected chi connectivity index (χ3v) is 6.55. The van der Waals surface area contributed by atoms with Gasteiger partial charge < -0.3 is 9.73 Å². The Labute approximate surface area is 203 Å². The standard InChI is InChI=1S/C28H36N4O2/c1-4-10-25-28(23-12-6-5-7-13-23)30-27(34-25)20-32-16-9-15-31(17-18-32)19-26(33)29-24-14-8-11-21(2)22(24)3/h5-8,11-14H,4,9-10,15-20H2,1-3H3,(H,29,33). The fraction of sp³-hybridized carbons (Fsp3) is 0.429. The Morgan fingerprint density at radius 1 is 1.00 bits per heavy atom. The molecule has 180 valence electrons. The van der Waals surface area contributed by atoms with Gasteiger partial charge >= 0.3 is 0 Å². The molecule has 6 nitrogen and oxygen atoms in total. The molecule has 0 atom stereocenters. The molecule has 34 heavy (non-hydrogen) atoms. The minimum Gasteiger partial charge on any atom is -0.444 e. The van der Waals surface area contributed by atoms with Gasteiger partial charge in [0.1, 0.15) is 11.5 Å². The molecule has 0 saturated carbocycles. The number of nitrogens with zero attached hydrogens (tertiary/aromatic N) is 3. The maximum atomic E-state index is 12.7. The lowest BCUT2D eigenvalue weighted by Crippen LogP contribution is -2.36. The molecular weight excluding hydrogens is 424 g/mol. The van der Waals surface area contributed by atoms with E-state index in [1.807, 2.05) is 37.3 Å². The van der Waals surface area contributed by atoms with Crippen LogP contribution in [0, 0.1) is 13.8 Å². The van der Waals surface area contributed by atoms with Crippen LogP contribution in [-0.2, 0) is 17.8 Å². The van der Waals surface area contributed by atoms with Crippen molar-refractivity contribution in [2.45, 2.75) is 46.6 Å². The average Bonchev–Trinajstić information content (AvgIpc) is 3.09. The van der Waals surface area contributed by atoms with Crippen LogP contribution in [0.25, 0.3) is 11.3 Å². The van der Waals surface area contributed by atoms with Crippen molar-refractivity contribution in [3.8, 4) is 11.3 Å². The molecule has 0 aliphatic carbocycles. The highest BCUT2D eigenvalue weighted by molar-refractivity contribution is 5.93. The van der Waals surface area contributed by atoms with Crippen LogP contribution in [-0.4, -0.2) is 53.4 Å². The van der Waals surface area contributed by atoms with E-state index in [0.717, 1.165) is 79.6 Å². The maximum Gasteiger partial charge on any atom is 0.238 e. The number of amides is 1. The number of carbonyl (C=O) groups excluding carboxylic acids is 1. The molecule has 2 heterocycles. The summed E-state index contributed by atoms with van der Waals surface area (Å²) in [6, 6.07) is 16.3. The molecule has 3 aromatic rings. The zero-order chi connectivity index (χ0) is 23.9. The summed E-state index contributed by atoms with van der Waals surface area (Å²) in [4.78, 5) is 22.2. The lowest BCUT2D eigenvalue weighted by molar-refractivity contribution is -0.117. The van der Waals surface area contributed by atoms with Crippen LogP contribution >= 0.6 is 0 Å². The predicted molar refractivity (Wildman–Crippen MR) is 137 cm³/mol. The second-order valence-corrected chi connectivity index (χ2v) is 9.20. The molecule has 1 amide bonds. The number of aromatic nitrogens is 1. The van der Waals surface area contributed by atoms with Gasteiger partial charge in [0.25, 0.3) is 0 Å². The molecule has 0 spiro atoms. The first kappa shape index (κ1) is 24.2. The Bertz CT molecular complexity index is 1090. The van der Waals surface area contributed by atoms with Crippen LogP contribution < -0.4 is 5.32 Å². The third kappa shape index (κ3) is 6.13. The van der Waals surface area contributed by atoms with E-state index >= 15 is 0 Å². The summed E-state index contributed by atoms with van der Waals surface area (Å²) in [6.45, 7) is 11.0. The molecule has 1 aliphatic rings. The first-order valence-corrected chi connectivity index (χ1v) is 12.4. The van der Waals surface area contributed by atoms with E-state index in [1.54, 1.807) is 0 Å². The first-order valence-electron chi connectivity index (χ1n) is 12.4. The minimum absolute atomic E-state index is 0.0477. The lowest BCUT2D eigenvalue weighted by Gasteiger charge is -2.21. The molecule has 1 saturated heterocycles. The van der Waals surface area contributed by atoms with Crippen LogP contribution in [0.3, 0.4) is 0 Å². The summed E-state index contributed by atoms with van der Waals surface area (Å²) in [5.74, 6) is 1.80. The number of rotatable bonds is 8. The third-order valence-electron chi connectivity index (χ3n) is 6.55. The molecule has 4 rings (SSSR count). The largest absolute Gasteiger partial charge is 0.444 e. The summed E-state index contributed by atoms with van der Waals surface area (Å²) in [7, 11) is 0. The Hall–Kier alpha value is -2.96. The van der Waals surface area contributed by atoms with Gasteiger partial charge in [-0.15, -0.1) is 0 Å². The molecule has 1 aliphatic heterocycles. The lowest BCUT2D eigenvalue weighted by atomic mass is 10.1. The number of carbonyl (C=O) groups is 1. The van der Waals surface area contributed by atoms with Gasteiger partial charge in [-0.3, -0.25) is 14.6 Å². The molecule has 0 unspecified atom stereocenters.